The summed E-state index contributed by atoms with van der Waals surface area (Å²) in [6.07, 6.45) is 5.34. The third-order valence-corrected chi connectivity index (χ3v) is 5.34. The van der Waals surface area contributed by atoms with E-state index in [1.807, 2.05) is 14.0 Å². The van der Waals surface area contributed by atoms with Gasteiger partial charge in [-0.15, -0.1) is 24.0 Å². The maximum absolute atomic E-state index is 4.55. The lowest BCUT2D eigenvalue weighted by molar-refractivity contribution is 0.147. The Balaban J connectivity index is 0.00000364. The third-order valence-electron chi connectivity index (χ3n) is 5.34. The van der Waals surface area contributed by atoms with Gasteiger partial charge in [0.25, 0.3) is 0 Å². The second kappa shape index (κ2) is 12.6. The van der Waals surface area contributed by atoms with Crippen molar-refractivity contribution >= 4 is 29.9 Å². The fraction of sp³-hybridized carbons (Fsp3) is 0.800. The molecule has 2 rings (SSSR count). The van der Waals surface area contributed by atoms with Crippen LogP contribution in [-0.2, 0) is 6.54 Å². The topological polar surface area (TPSA) is 57.5 Å². The van der Waals surface area contributed by atoms with E-state index >= 15 is 0 Å². The van der Waals surface area contributed by atoms with Crippen LogP contribution in [0.1, 0.15) is 50.9 Å². The van der Waals surface area contributed by atoms with Crippen molar-refractivity contribution < 1.29 is 0 Å². The van der Waals surface area contributed by atoms with Crippen molar-refractivity contribution in [2.45, 2.75) is 66.0 Å². The van der Waals surface area contributed by atoms with E-state index in [2.05, 4.69) is 57.1 Å². The Morgan fingerprint density at radius 3 is 2.74 bits per heavy atom. The van der Waals surface area contributed by atoms with Crippen LogP contribution in [0.4, 0.5) is 0 Å². The molecule has 0 amide bonds. The normalized spacial score (nSPS) is 19.4. The van der Waals surface area contributed by atoms with Gasteiger partial charge in [0.1, 0.15) is 0 Å². The Hall–Kier alpha value is -0.830. The predicted octanol–water partition coefficient (Wildman–Crippen LogP) is 3.18. The Morgan fingerprint density at radius 2 is 2.11 bits per heavy atom. The minimum Gasteiger partial charge on any atom is -0.356 e. The summed E-state index contributed by atoms with van der Waals surface area (Å²) >= 11 is 0. The Labute approximate surface area is 182 Å². The molecule has 1 aliphatic heterocycles. The molecular weight excluding hydrogens is 451 g/mol. The molecule has 0 radical (unpaired) electrons. The first kappa shape index (κ1) is 24.2. The van der Waals surface area contributed by atoms with Gasteiger partial charge in [0.2, 0.25) is 0 Å². The van der Waals surface area contributed by atoms with Crippen LogP contribution in [0.2, 0.25) is 0 Å². The molecule has 0 bridgehead atoms. The number of hydrogen-bond acceptors (Lipinski definition) is 3. The lowest BCUT2D eigenvalue weighted by Gasteiger charge is -2.35. The number of guanidine groups is 1. The highest BCUT2D eigenvalue weighted by atomic mass is 127. The summed E-state index contributed by atoms with van der Waals surface area (Å²) in [6, 6.07) is 2.89. The van der Waals surface area contributed by atoms with E-state index in [1.54, 1.807) is 0 Å². The van der Waals surface area contributed by atoms with Crippen molar-refractivity contribution in [3.63, 3.8) is 0 Å². The minimum absolute atomic E-state index is 0. The predicted molar refractivity (Wildman–Crippen MR) is 125 cm³/mol. The van der Waals surface area contributed by atoms with Crippen molar-refractivity contribution in [1.82, 2.24) is 25.3 Å². The number of rotatable bonds is 8. The molecule has 1 aromatic heterocycles. The summed E-state index contributed by atoms with van der Waals surface area (Å²) in [5, 5.41) is 11.5. The van der Waals surface area contributed by atoms with Crippen LogP contribution in [0.15, 0.2) is 11.1 Å². The van der Waals surface area contributed by atoms with Gasteiger partial charge >= 0.3 is 0 Å². The fourth-order valence-electron chi connectivity index (χ4n) is 3.85. The smallest absolute Gasteiger partial charge is 0.191 e. The quantitative estimate of drug-likeness (QED) is 0.334. The van der Waals surface area contributed by atoms with E-state index in [9.17, 15) is 0 Å². The first-order chi connectivity index (χ1) is 12.5. The number of piperidine rings is 1. The number of halogens is 1. The van der Waals surface area contributed by atoms with Crippen LogP contribution in [0, 0.1) is 19.8 Å². The van der Waals surface area contributed by atoms with E-state index in [-0.39, 0.29) is 24.0 Å². The Morgan fingerprint density at radius 1 is 1.33 bits per heavy atom. The standard InChI is InChI=1S/C20H38N6.HI/c1-6-19-9-7-8-11-25(19)12-10-22-20(21-5)23-14-16(2)15-26-18(4)13-17(3)24-26;/h13,16,19H,6-12,14-15H2,1-5H3,(H2,21,22,23);1H. The number of nitrogens with one attached hydrogen (secondary N) is 2. The number of aryl methyl sites for hydroxylation is 2. The summed E-state index contributed by atoms with van der Waals surface area (Å²) in [4.78, 5) is 7.00. The molecule has 1 aliphatic rings. The number of hydrogen-bond donors (Lipinski definition) is 2. The second-order valence-electron chi connectivity index (χ2n) is 7.69. The van der Waals surface area contributed by atoms with Gasteiger partial charge in [-0.2, -0.15) is 5.10 Å². The van der Waals surface area contributed by atoms with Gasteiger partial charge in [-0.25, -0.2) is 0 Å². The summed E-state index contributed by atoms with van der Waals surface area (Å²) in [5.41, 5.74) is 2.31. The van der Waals surface area contributed by atoms with Gasteiger partial charge in [-0.1, -0.05) is 20.3 Å². The zero-order valence-electron chi connectivity index (χ0n) is 17.8. The second-order valence-corrected chi connectivity index (χ2v) is 7.69. The monoisotopic (exact) mass is 490 g/mol. The largest absolute Gasteiger partial charge is 0.356 e. The highest BCUT2D eigenvalue weighted by Gasteiger charge is 2.20. The van der Waals surface area contributed by atoms with Gasteiger partial charge in [-0.05, 0) is 51.6 Å². The lowest BCUT2D eigenvalue weighted by atomic mass is 10.0. The van der Waals surface area contributed by atoms with Crippen molar-refractivity contribution in [2.24, 2.45) is 10.9 Å². The summed E-state index contributed by atoms with van der Waals surface area (Å²) in [5.74, 6) is 1.38. The van der Waals surface area contributed by atoms with Crippen LogP contribution < -0.4 is 10.6 Å². The van der Waals surface area contributed by atoms with Gasteiger partial charge in [0.05, 0.1) is 5.69 Å². The average Bonchev–Trinajstić information content (AvgIpc) is 2.95. The van der Waals surface area contributed by atoms with Crippen molar-refractivity contribution in [2.75, 3.05) is 33.2 Å². The molecule has 2 unspecified atom stereocenters. The van der Waals surface area contributed by atoms with Crippen LogP contribution in [0.5, 0.6) is 0 Å². The molecule has 0 spiro atoms. The lowest BCUT2D eigenvalue weighted by Crippen LogP contribution is -2.46. The molecule has 2 heterocycles. The SMILES string of the molecule is CCC1CCCCN1CCNC(=NC)NCC(C)Cn1nc(C)cc1C.I. The molecule has 1 aromatic rings. The number of likely N-dealkylation sites (tertiary alicyclic amines) is 1. The summed E-state index contributed by atoms with van der Waals surface area (Å²) in [6.45, 7) is 13.8. The molecule has 0 saturated carbocycles. The Bertz CT molecular complexity index is 571. The molecule has 1 fully saturated rings. The summed E-state index contributed by atoms with van der Waals surface area (Å²) < 4.78 is 2.10. The molecule has 6 nitrogen and oxygen atoms in total. The highest BCUT2D eigenvalue weighted by Crippen LogP contribution is 2.18. The fourth-order valence-corrected chi connectivity index (χ4v) is 3.85. The van der Waals surface area contributed by atoms with Crippen LogP contribution >= 0.6 is 24.0 Å². The van der Waals surface area contributed by atoms with Crippen molar-refractivity contribution in [3.8, 4) is 0 Å². The molecule has 7 heteroatoms. The molecule has 2 N–H and O–H groups in total. The van der Waals surface area contributed by atoms with Gasteiger partial charge in [0.15, 0.2) is 5.96 Å². The van der Waals surface area contributed by atoms with Gasteiger partial charge in [-0.3, -0.25) is 14.6 Å². The molecule has 156 valence electrons. The van der Waals surface area contributed by atoms with Gasteiger partial charge < -0.3 is 10.6 Å². The number of aromatic nitrogens is 2. The minimum atomic E-state index is 0. The zero-order chi connectivity index (χ0) is 18.9. The van der Waals surface area contributed by atoms with E-state index in [0.717, 1.165) is 43.9 Å². The van der Waals surface area contributed by atoms with Crippen molar-refractivity contribution in [3.05, 3.63) is 17.5 Å². The molecule has 1 saturated heterocycles. The van der Waals surface area contributed by atoms with Crippen molar-refractivity contribution in [1.29, 1.82) is 0 Å². The van der Waals surface area contributed by atoms with E-state index < -0.39 is 0 Å². The average molecular weight is 490 g/mol. The number of aliphatic imine (C=N–C) groups is 1. The maximum atomic E-state index is 4.55. The molecule has 0 aliphatic carbocycles. The first-order valence-electron chi connectivity index (χ1n) is 10.2. The first-order valence-corrected chi connectivity index (χ1v) is 10.2. The Kier molecular flexibility index (Phi) is 11.3. The van der Waals surface area contributed by atoms with Gasteiger partial charge in [0, 0.05) is 45.0 Å². The zero-order valence-corrected chi connectivity index (χ0v) is 20.1. The molecule has 0 aromatic carbocycles. The molecular formula is C20H39IN6. The van der Waals surface area contributed by atoms with Crippen LogP contribution in [0.3, 0.4) is 0 Å². The van der Waals surface area contributed by atoms with E-state index in [1.165, 1.54) is 37.9 Å². The van der Waals surface area contributed by atoms with E-state index in [4.69, 9.17) is 0 Å². The van der Waals surface area contributed by atoms with E-state index in [0.29, 0.717) is 5.92 Å². The maximum Gasteiger partial charge on any atom is 0.191 e. The summed E-state index contributed by atoms with van der Waals surface area (Å²) in [7, 11) is 1.84. The third kappa shape index (κ3) is 7.97. The molecule has 27 heavy (non-hydrogen) atoms. The van der Waals surface area contributed by atoms with Crippen LogP contribution in [0.25, 0.3) is 0 Å². The molecule has 2 atom stereocenters. The van der Waals surface area contributed by atoms with Crippen LogP contribution in [-0.4, -0.2) is 59.9 Å². The highest BCUT2D eigenvalue weighted by molar-refractivity contribution is 14.0. The number of nitrogens with zero attached hydrogens (tertiary/aromatic N) is 4.